The molecule has 2 N–H and O–H groups in total. The third-order valence-corrected chi connectivity index (χ3v) is 6.34. The Morgan fingerprint density at radius 1 is 1.41 bits per heavy atom. The van der Waals surface area contributed by atoms with E-state index in [1.807, 2.05) is 46.8 Å². The average Bonchev–Trinajstić information content (AvgIpc) is 3.20. The molecule has 0 saturated heterocycles. The number of aryl methyl sites for hydroxylation is 1. The molecule has 0 aliphatic carbocycles. The van der Waals surface area contributed by atoms with E-state index in [1.54, 1.807) is 22.7 Å². The van der Waals surface area contributed by atoms with Crippen LogP contribution in [0.5, 0.6) is 0 Å². The van der Waals surface area contributed by atoms with Gasteiger partial charge in [-0.2, -0.15) is 0 Å². The zero-order valence-corrected chi connectivity index (χ0v) is 19.5. The summed E-state index contributed by atoms with van der Waals surface area (Å²) in [7, 11) is 0. The van der Waals surface area contributed by atoms with Gasteiger partial charge in [-0.15, -0.1) is 22.7 Å². The highest BCUT2D eigenvalue weighted by atomic mass is 35.5. The lowest BCUT2D eigenvalue weighted by molar-refractivity contribution is 0.0511. The molecule has 3 heterocycles. The minimum Gasteiger partial charge on any atom is -0.444 e. The van der Waals surface area contributed by atoms with Gasteiger partial charge in [0.05, 0.1) is 15.2 Å². The quantitative estimate of drug-likeness (QED) is 0.436. The molecule has 155 valence electrons. The summed E-state index contributed by atoms with van der Waals surface area (Å²) in [6, 6.07) is 5.91. The maximum Gasteiger partial charge on any atom is 0.407 e. The normalized spacial score (nSPS) is 12.8. The molecule has 29 heavy (non-hydrogen) atoms. The zero-order chi connectivity index (χ0) is 21.2. The molecule has 0 fully saturated rings. The Bertz CT molecular complexity index is 994. The third-order valence-electron chi connectivity index (χ3n) is 4.04. The first-order valence-corrected chi connectivity index (χ1v) is 11.4. The van der Waals surface area contributed by atoms with Gasteiger partial charge in [-0.3, -0.25) is 0 Å². The number of nitrogens with zero attached hydrogens (tertiary/aromatic N) is 1. The van der Waals surface area contributed by atoms with Crippen molar-refractivity contribution in [1.29, 1.82) is 0 Å². The number of hydrogen-bond donors (Lipinski definition) is 2. The van der Waals surface area contributed by atoms with E-state index < -0.39 is 11.7 Å². The highest BCUT2D eigenvalue weighted by Crippen LogP contribution is 2.38. The fraction of sp³-hybridized carbons (Fsp3) is 0.381. The summed E-state index contributed by atoms with van der Waals surface area (Å²) in [5.74, 6) is 0. The van der Waals surface area contributed by atoms with E-state index >= 15 is 0 Å². The number of nitrogens with one attached hydrogen (secondary N) is 2. The highest BCUT2D eigenvalue weighted by Gasteiger charge is 2.19. The van der Waals surface area contributed by atoms with Crippen molar-refractivity contribution < 1.29 is 9.53 Å². The molecule has 3 aromatic heterocycles. The zero-order valence-electron chi connectivity index (χ0n) is 17.1. The van der Waals surface area contributed by atoms with Crippen molar-refractivity contribution in [3.05, 3.63) is 51.2 Å². The number of fused-ring (bicyclic) bond motifs is 1. The number of anilines is 1. The van der Waals surface area contributed by atoms with Gasteiger partial charge < -0.3 is 15.4 Å². The molecule has 8 heteroatoms. The van der Waals surface area contributed by atoms with E-state index in [9.17, 15) is 4.79 Å². The van der Waals surface area contributed by atoms with E-state index in [0.717, 1.165) is 26.3 Å². The summed E-state index contributed by atoms with van der Waals surface area (Å²) in [5, 5.41) is 9.83. The summed E-state index contributed by atoms with van der Waals surface area (Å²) in [6.07, 6.45) is 1.72. The lowest BCUT2D eigenvalue weighted by Gasteiger charge is -2.22. The number of rotatable bonds is 6. The van der Waals surface area contributed by atoms with Gasteiger partial charge in [0, 0.05) is 29.4 Å². The molecule has 1 amide bonds. The van der Waals surface area contributed by atoms with Gasteiger partial charge in [-0.05, 0) is 57.7 Å². The lowest BCUT2D eigenvalue weighted by atomic mass is 10.1. The number of ether oxygens (including phenoxy) is 1. The molecule has 1 atom stereocenters. The number of aromatic nitrogens is 1. The van der Waals surface area contributed by atoms with Crippen LogP contribution in [0.25, 0.3) is 10.2 Å². The molecule has 0 unspecified atom stereocenters. The summed E-state index contributed by atoms with van der Waals surface area (Å²) in [6.45, 7) is 10.1. The third kappa shape index (κ3) is 5.84. The summed E-state index contributed by atoms with van der Waals surface area (Å²) >= 11 is 9.61. The summed E-state index contributed by atoms with van der Waals surface area (Å²) in [5.41, 5.74) is 2.50. The van der Waals surface area contributed by atoms with Gasteiger partial charge in [0.25, 0.3) is 0 Å². The number of carbonyl (C=O) groups excluding carboxylic acids is 1. The minimum atomic E-state index is -0.514. The molecule has 0 spiro atoms. The van der Waals surface area contributed by atoms with Crippen molar-refractivity contribution in [2.75, 3.05) is 11.9 Å². The van der Waals surface area contributed by atoms with E-state index in [0.29, 0.717) is 11.7 Å². The van der Waals surface area contributed by atoms with Crippen LogP contribution in [-0.2, 0) is 4.74 Å². The van der Waals surface area contributed by atoms with Crippen molar-refractivity contribution in [1.82, 2.24) is 10.3 Å². The van der Waals surface area contributed by atoms with Crippen LogP contribution in [-0.4, -0.2) is 29.3 Å². The number of carbonyl (C=O) groups is 1. The average molecular weight is 451 g/mol. The van der Waals surface area contributed by atoms with Crippen molar-refractivity contribution in [2.45, 2.75) is 46.3 Å². The van der Waals surface area contributed by atoms with Gasteiger partial charge in [0.2, 0.25) is 0 Å². The first-order chi connectivity index (χ1) is 13.6. The van der Waals surface area contributed by atoms with E-state index in [2.05, 4.69) is 33.5 Å². The molecule has 5 nitrogen and oxygen atoms in total. The van der Waals surface area contributed by atoms with Crippen LogP contribution in [0.15, 0.2) is 23.6 Å². The number of halogens is 1. The fourth-order valence-electron chi connectivity index (χ4n) is 2.78. The molecular weight excluding hydrogens is 426 g/mol. The van der Waals surface area contributed by atoms with Gasteiger partial charge >= 0.3 is 6.09 Å². The molecule has 0 aliphatic rings. The lowest BCUT2D eigenvalue weighted by Crippen LogP contribution is -2.40. The van der Waals surface area contributed by atoms with E-state index in [-0.39, 0.29) is 6.04 Å². The van der Waals surface area contributed by atoms with Crippen molar-refractivity contribution in [2.24, 2.45) is 0 Å². The second-order valence-electron chi connectivity index (χ2n) is 7.86. The van der Waals surface area contributed by atoms with Crippen LogP contribution in [0.4, 0.5) is 9.80 Å². The predicted octanol–water partition coefficient (Wildman–Crippen LogP) is 6.25. The monoisotopic (exact) mass is 450 g/mol. The SMILES string of the molecule is Cc1c(NC[C@H](C)NC(=O)OC(C)(C)C)sc2c([CH]c3cccs3)cc(Cl)nc12. The van der Waals surface area contributed by atoms with Crippen LogP contribution in [0.3, 0.4) is 0 Å². The second kappa shape index (κ2) is 8.90. The number of alkyl carbamates (subject to hydrolysis) is 1. The summed E-state index contributed by atoms with van der Waals surface area (Å²) in [4.78, 5) is 17.6. The smallest absolute Gasteiger partial charge is 0.407 e. The largest absolute Gasteiger partial charge is 0.444 e. The molecule has 0 bridgehead atoms. The number of amides is 1. The van der Waals surface area contributed by atoms with Gasteiger partial charge in [-0.1, -0.05) is 17.7 Å². The molecule has 0 aliphatic heterocycles. The van der Waals surface area contributed by atoms with E-state index in [4.69, 9.17) is 16.3 Å². The van der Waals surface area contributed by atoms with Crippen LogP contribution in [0.1, 0.15) is 43.7 Å². The molecule has 0 saturated carbocycles. The molecule has 3 aromatic rings. The van der Waals surface area contributed by atoms with Crippen LogP contribution in [0.2, 0.25) is 5.15 Å². The standard InChI is InChI=1S/C21H25ClN3O2S2/c1-12(24-20(26)27-21(3,4)5)11-23-19-13(2)17-18(29-19)14(10-16(22)25-17)9-15-7-6-8-28-15/h6-10,12,23H,11H2,1-5H3,(H,24,26)/t12-/m0/s1. The molecule has 1 radical (unpaired) electrons. The molecular formula is C21H25ClN3O2S2. The first kappa shape index (κ1) is 21.9. The Morgan fingerprint density at radius 3 is 2.83 bits per heavy atom. The summed E-state index contributed by atoms with van der Waals surface area (Å²) < 4.78 is 6.40. The van der Waals surface area contributed by atoms with Crippen molar-refractivity contribution in [3.63, 3.8) is 0 Å². The number of thiophene rings is 2. The maximum atomic E-state index is 11.9. The van der Waals surface area contributed by atoms with Gasteiger partial charge in [0.15, 0.2) is 0 Å². The van der Waals surface area contributed by atoms with Gasteiger partial charge in [-0.25, -0.2) is 9.78 Å². The van der Waals surface area contributed by atoms with Crippen molar-refractivity contribution >= 4 is 55.6 Å². The maximum absolute atomic E-state index is 11.9. The van der Waals surface area contributed by atoms with Crippen LogP contribution >= 0.6 is 34.3 Å². The fourth-order valence-corrected chi connectivity index (χ4v) is 4.79. The first-order valence-electron chi connectivity index (χ1n) is 9.33. The minimum absolute atomic E-state index is 0.0943. The Hall–Kier alpha value is -1.83. The van der Waals surface area contributed by atoms with Crippen LogP contribution in [0, 0.1) is 13.3 Å². The highest BCUT2D eigenvalue weighted by molar-refractivity contribution is 7.23. The Labute approximate surface area is 184 Å². The topological polar surface area (TPSA) is 63.2 Å². The van der Waals surface area contributed by atoms with E-state index in [1.165, 1.54) is 4.88 Å². The molecule has 3 rings (SSSR count). The number of hydrogen-bond acceptors (Lipinski definition) is 6. The van der Waals surface area contributed by atoms with Gasteiger partial charge in [0.1, 0.15) is 10.8 Å². The Balaban J connectivity index is 1.73. The Morgan fingerprint density at radius 2 is 2.17 bits per heavy atom. The number of pyridine rings is 1. The Kier molecular flexibility index (Phi) is 6.71. The van der Waals surface area contributed by atoms with Crippen molar-refractivity contribution in [3.8, 4) is 0 Å². The van der Waals surface area contributed by atoms with Crippen LogP contribution < -0.4 is 10.6 Å². The second-order valence-corrected chi connectivity index (χ2v) is 10.2. The predicted molar refractivity (Wildman–Crippen MR) is 124 cm³/mol. The molecule has 0 aromatic carbocycles.